The van der Waals surface area contributed by atoms with E-state index in [4.69, 9.17) is 0 Å². The van der Waals surface area contributed by atoms with Crippen molar-refractivity contribution in [2.45, 2.75) is 6.42 Å². The van der Waals surface area contributed by atoms with Gasteiger partial charge >= 0.3 is 0 Å². The summed E-state index contributed by atoms with van der Waals surface area (Å²) in [5.41, 5.74) is 1.48. The van der Waals surface area contributed by atoms with Crippen molar-refractivity contribution in [2.24, 2.45) is 0 Å². The summed E-state index contributed by atoms with van der Waals surface area (Å²) in [5, 5.41) is 4.86. The fourth-order valence-corrected chi connectivity index (χ4v) is 3.63. The molecule has 3 aromatic heterocycles. The molecule has 0 bridgehead atoms. The Kier molecular flexibility index (Phi) is 4.37. The van der Waals surface area contributed by atoms with Gasteiger partial charge in [0.05, 0.1) is 24.0 Å². The second kappa shape index (κ2) is 6.81. The van der Waals surface area contributed by atoms with Crippen molar-refractivity contribution in [3.63, 3.8) is 0 Å². The minimum Gasteiger partial charge on any atom is -0.354 e. The number of carbonyl (C=O) groups excluding carboxylic acids is 1. The van der Waals surface area contributed by atoms with E-state index >= 15 is 0 Å². The van der Waals surface area contributed by atoms with E-state index in [1.807, 2.05) is 34.3 Å². The fraction of sp³-hybridized carbons (Fsp3) is 0.353. The van der Waals surface area contributed by atoms with Crippen molar-refractivity contribution in [2.75, 3.05) is 43.4 Å². The second-order valence-electron chi connectivity index (χ2n) is 6.25. The minimum atomic E-state index is -0.0834. The van der Waals surface area contributed by atoms with Gasteiger partial charge < -0.3 is 15.1 Å². The SMILES string of the molecule is CN1CCN(c2ccc(NC(=O)Cc3cn4ccsc4n3)cn2)CC1. The van der Waals surface area contributed by atoms with Gasteiger partial charge in [-0.3, -0.25) is 9.20 Å². The summed E-state index contributed by atoms with van der Waals surface area (Å²) in [6, 6.07) is 3.87. The Bertz CT molecular complexity index is 834. The number of nitrogens with zero attached hydrogens (tertiary/aromatic N) is 5. The smallest absolute Gasteiger partial charge is 0.230 e. The van der Waals surface area contributed by atoms with Crippen LogP contribution in [0.3, 0.4) is 0 Å². The molecular formula is C17H20N6OS. The van der Waals surface area contributed by atoms with E-state index in [2.05, 4.69) is 32.1 Å². The van der Waals surface area contributed by atoms with Crippen molar-refractivity contribution in [3.8, 4) is 0 Å². The Morgan fingerprint density at radius 3 is 2.84 bits per heavy atom. The molecule has 0 unspecified atom stereocenters. The average Bonchev–Trinajstić information content (AvgIpc) is 3.18. The molecule has 130 valence electrons. The lowest BCUT2D eigenvalue weighted by Crippen LogP contribution is -2.44. The van der Waals surface area contributed by atoms with Crippen molar-refractivity contribution in [1.29, 1.82) is 0 Å². The lowest BCUT2D eigenvalue weighted by Gasteiger charge is -2.33. The number of aromatic nitrogens is 3. The third-order valence-electron chi connectivity index (χ3n) is 4.34. The first-order valence-corrected chi connectivity index (χ1v) is 9.16. The molecule has 4 rings (SSSR count). The molecule has 4 heterocycles. The van der Waals surface area contributed by atoms with Gasteiger partial charge in [0, 0.05) is 44.0 Å². The standard InChI is InChI=1S/C17H20N6OS/c1-21-4-6-22(7-5-21)15-3-2-13(11-18-15)19-16(24)10-14-12-23-8-9-25-17(23)20-14/h2-3,8-9,11-12H,4-7,10H2,1H3,(H,19,24). The van der Waals surface area contributed by atoms with Gasteiger partial charge in [0.1, 0.15) is 5.82 Å². The number of amides is 1. The highest BCUT2D eigenvalue weighted by Crippen LogP contribution is 2.16. The molecular weight excluding hydrogens is 336 g/mol. The lowest BCUT2D eigenvalue weighted by atomic mass is 10.3. The maximum atomic E-state index is 12.2. The number of likely N-dealkylation sites (N-methyl/N-ethyl adjacent to an activating group) is 1. The summed E-state index contributed by atoms with van der Waals surface area (Å²) in [5.74, 6) is 0.875. The third kappa shape index (κ3) is 3.64. The van der Waals surface area contributed by atoms with Crippen molar-refractivity contribution < 1.29 is 4.79 Å². The number of anilines is 2. The fourth-order valence-electron chi connectivity index (χ4n) is 2.91. The summed E-state index contributed by atoms with van der Waals surface area (Å²) in [6.07, 6.45) is 5.81. The van der Waals surface area contributed by atoms with Crippen molar-refractivity contribution in [1.82, 2.24) is 19.3 Å². The number of fused-ring (bicyclic) bond motifs is 1. The molecule has 1 saturated heterocycles. The number of nitrogens with one attached hydrogen (secondary N) is 1. The Hall–Kier alpha value is -2.45. The van der Waals surface area contributed by atoms with Crippen LogP contribution in [0.5, 0.6) is 0 Å². The van der Waals surface area contributed by atoms with Crippen LogP contribution in [-0.2, 0) is 11.2 Å². The number of hydrogen-bond acceptors (Lipinski definition) is 6. The molecule has 1 amide bonds. The Morgan fingerprint density at radius 2 is 2.12 bits per heavy atom. The van der Waals surface area contributed by atoms with Gasteiger partial charge in [0.2, 0.25) is 5.91 Å². The molecule has 1 N–H and O–H groups in total. The zero-order valence-electron chi connectivity index (χ0n) is 14.1. The van der Waals surface area contributed by atoms with Crippen LogP contribution < -0.4 is 10.2 Å². The summed E-state index contributed by atoms with van der Waals surface area (Å²) in [6.45, 7) is 4.05. The maximum Gasteiger partial charge on any atom is 0.230 e. The van der Waals surface area contributed by atoms with E-state index in [-0.39, 0.29) is 12.3 Å². The molecule has 1 aliphatic heterocycles. The lowest BCUT2D eigenvalue weighted by molar-refractivity contribution is -0.115. The topological polar surface area (TPSA) is 65.8 Å². The van der Waals surface area contributed by atoms with Crippen LogP contribution in [0.15, 0.2) is 36.1 Å². The van der Waals surface area contributed by atoms with Gasteiger partial charge in [-0.15, -0.1) is 11.3 Å². The normalized spacial score (nSPS) is 15.6. The number of carbonyl (C=O) groups is 1. The van der Waals surface area contributed by atoms with E-state index < -0.39 is 0 Å². The molecule has 0 saturated carbocycles. The number of thiazole rings is 1. The number of rotatable bonds is 4. The first kappa shape index (κ1) is 16.0. The van der Waals surface area contributed by atoms with Gasteiger partial charge in [-0.2, -0.15) is 0 Å². The van der Waals surface area contributed by atoms with Gasteiger partial charge in [-0.1, -0.05) is 0 Å². The van der Waals surface area contributed by atoms with E-state index in [1.54, 1.807) is 17.5 Å². The van der Waals surface area contributed by atoms with E-state index in [0.717, 1.165) is 42.7 Å². The Balaban J connectivity index is 1.35. The maximum absolute atomic E-state index is 12.2. The highest BCUT2D eigenvalue weighted by molar-refractivity contribution is 7.15. The van der Waals surface area contributed by atoms with Crippen molar-refractivity contribution in [3.05, 3.63) is 41.8 Å². The molecule has 7 nitrogen and oxygen atoms in total. The van der Waals surface area contributed by atoms with Crippen LogP contribution in [0.4, 0.5) is 11.5 Å². The van der Waals surface area contributed by atoms with E-state index in [9.17, 15) is 4.79 Å². The van der Waals surface area contributed by atoms with Gasteiger partial charge in [0.25, 0.3) is 0 Å². The molecule has 0 aliphatic carbocycles. The van der Waals surface area contributed by atoms with Gasteiger partial charge in [-0.05, 0) is 19.2 Å². The van der Waals surface area contributed by atoms with Crippen LogP contribution >= 0.6 is 11.3 Å². The van der Waals surface area contributed by atoms with Crippen LogP contribution in [0.25, 0.3) is 4.96 Å². The molecule has 8 heteroatoms. The van der Waals surface area contributed by atoms with Crippen LogP contribution in [0, 0.1) is 0 Å². The zero-order valence-corrected chi connectivity index (χ0v) is 14.9. The molecule has 0 radical (unpaired) electrons. The van der Waals surface area contributed by atoms with Crippen LogP contribution in [-0.4, -0.2) is 58.4 Å². The summed E-state index contributed by atoms with van der Waals surface area (Å²) < 4.78 is 1.93. The van der Waals surface area contributed by atoms with Gasteiger partial charge in [0.15, 0.2) is 4.96 Å². The Labute approximate surface area is 149 Å². The number of hydrogen-bond donors (Lipinski definition) is 1. The van der Waals surface area contributed by atoms with Crippen molar-refractivity contribution >= 4 is 33.7 Å². The number of piperazine rings is 1. The molecule has 0 aromatic carbocycles. The molecule has 0 atom stereocenters. The van der Waals surface area contributed by atoms with Crippen LogP contribution in [0.2, 0.25) is 0 Å². The Morgan fingerprint density at radius 1 is 1.28 bits per heavy atom. The van der Waals surface area contributed by atoms with E-state index in [0.29, 0.717) is 5.69 Å². The largest absolute Gasteiger partial charge is 0.354 e. The van der Waals surface area contributed by atoms with E-state index in [1.165, 1.54) is 0 Å². The molecule has 25 heavy (non-hydrogen) atoms. The first-order chi connectivity index (χ1) is 12.2. The predicted octanol–water partition coefficient (Wildman–Crippen LogP) is 1.72. The highest BCUT2D eigenvalue weighted by atomic mass is 32.1. The number of imidazole rings is 1. The molecule has 1 aliphatic rings. The predicted molar refractivity (Wildman–Crippen MR) is 99.3 cm³/mol. The summed E-state index contributed by atoms with van der Waals surface area (Å²) in [4.78, 5) is 26.6. The molecule has 0 spiro atoms. The minimum absolute atomic E-state index is 0.0834. The zero-order chi connectivity index (χ0) is 17.2. The van der Waals surface area contributed by atoms with Crippen LogP contribution in [0.1, 0.15) is 5.69 Å². The first-order valence-electron chi connectivity index (χ1n) is 8.28. The quantitative estimate of drug-likeness (QED) is 0.771. The van der Waals surface area contributed by atoms with Gasteiger partial charge in [-0.25, -0.2) is 9.97 Å². The monoisotopic (exact) mass is 356 g/mol. The highest BCUT2D eigenvalue weighted by Gasteiger charge is 2.15. The molecule has 3 aromatic rings. The summed E-state index contributed by atoms with van der Waals surface area (Å²) >= 11 is 1.56. The third-order valence-corrected chi connectivity index (χ3v) is 5.11. The molecule has 1 fully saturated rings. The second-order valence-corrected chi connectivity index (χ2v) is 7.12. The number of pyridine rings is 1. The summed E-state index contributed by atoms with van der Waals surface area (Å²) in [7, 11) is 2.13. The average molecular weight is 356 g/mol.